The average molecular weight is 298 g/mol. The van der Waals surface area contributed by atoms with Gasteiger partial charge in [-0.1, -0.05) is 24.3 Å². The minimum Gasteiger partial charge on any atom is -0.463 e. The lowest BCUT2D eigenvalue weighted by Crippen LogP contribution is -2.40. The summed E-state index contributed by atoms with van der Waals surface area (Å²) in [5.41, 5.74) is 0.852. The maximum atomic E-state index is 12.7. The van der Waals surface area contributed by atoms with Gasteiger partial charge in [-0.2, -0.15) is 0 Å². The molecule has 22 heavy (non-hydrogen) atoms. The molecule has 0 aliphatic carbocycles. The van der Waals surface area contributed by atoms with E-state index in [1.54, 1.807) is 26.0 Å². The molecule has 1 aromatic carbocycles. The predicted octanol–water partition coefficient (Wildman–Crippen LogP) is 2.86. The Morgan fingerprint density at radius 1 is 1.14 bits per heavy atom. The molecule has 1 fully saturated rings. The Morgan fingerprint density at radius 3 is 2.50 bits per heavy atom. The number of hydrogen-bond donors (Lipinski definition) is 1. The second kappa shape index (κ2) is 5.02. The molecular weight excluding hydrogens is 280 g/mol. The van der Waals surface area contributed by atoms with Gasteiger partial charge in [0.15, 0.2) is 5.54 Å². The van der Waals surface area contributed by atoms with Crippen LogP contribution in [0.2, 0.25) is 0 Å². The molecule has 1 N–H and O–H groups in total. The van der Waals surface area contributed by atoms with Crippen LogP contribution in [-0.2, 0) is 16.9 Å². The van der Waals surface area contributed by atoms with E-state index in [4.69, 9.17) is 4.42 Å². The number of urea groups is 1. The smallest absolute Gasteiger partial charge is 0.325 e. The summed E-state index contributed by atoms with van der Waals surface area (Å²) in [6.07, 6.45) is 0. The highest BCUT2D eigenvalue weighted by molar-refractivity contribution is 6.06. The lowest BCUT2D eigenvalue weighted by molar-refractivity contribution is -0.132. The van der Waals surface area contributed by atoms with E-state index in [0.717, 1.165) is 11.1 Å². The van der Waals surface area contributed by atoms with Crippen molar-refractivity contribution in [1.29, 1.82) is 0 Å². The van der Waals surface area contributed by atoms with Gasteiger partial charge in [0.25, 0.3) is 5.91 Å². The van der Waals surface area contributed by atoms with Crippen LogP contribution in [0.3, 0.4) is 0 Å². The lowest BCUT2D eigenvalue weighted by atomic mass is 9.99. The van der Waals surface area contributed by atoms with Crippen molar-refractivity contribution < 1.29 is 14.0 Å². The van der Waals surface area contributed by atoms with Crippen LogP contribution in [0, 0.1) is 13.8 Å². The highest BCUT2D eigenvalue weighted by Crippen LogP contribution is 2.31. The molecule has 3 amide bonds. The van der Waals surface area contributed by atoms with Crippen molar-refractivity contribution in [3.05, 3.63) is 59.0 Å². The summed E-state index contributed by atoms with van der Waals surface area (Å²) in [6.45, 7) is 5.69. The zero-order valence-electron chi connectivity index (χ0n) is 12.8. The third-order valence-electron chi connectivity index (χ3n) is 4.10. The summed E-state index contributed by atoms with van der Waals surface area (Å²) in [6, 6.07) is 10.8. The Balaban J connectivity index is 1.90. The van der Waals surface area contributed by atoms with Crippen molar-refractivity contribution in [2.24, 2.45) is 0 Å². The van der Waals surface area contributed by atoms with Crippen LogP contribution in [0.4, 0.5) is 4.79 Å². The van der Waals surface area contributed by atoms with E-state index in [1.165, 1.54) is 4.90 Å². The molecule has 1 saturated heterocycles. The average Bonchev–Trinajstić information content (AvgIpc) is 3.00. The van der Waals surface area contributed by atoms with Gasteiger partial charge in [0.05, 0.1) is 6.54 Å². The van der Waals surface area contributed by atoms with Gasteiger partial charge in [-0.25, -0.2) is 4.79 Å². The fourth-order valence-corrected chi connectivity index (χ4v) is 2.67. The molecular formula is C17H18N2O3. The van der Waals surface area contributed by atoms with Crippen molar-refractivity contribution >= 4 is 11.9 Å². The minimum atomic E-state index is -1.14. The standard InChI is InChI=1S/C17H18N2O3/c1-11-6-4-5-7-13(11)10-19-15(20)17(3,18-16(19)21)14-9-8-12(2)22-14/h4-9H,10H2,1-3H3,(H,18,21)/t17-/m0/s1. The van der Waals surface area contributed by atoms with Crippen molar-refractivity contribution in [3.63, 3.8) is 0 Å². The van der Waals surface area contributed by atoms with Gasteiger partial charge in [-0.05, 0) is 44.0 Å². The van der Waals surface area contributed by atoms with Crippen LogP contribution < -0.4 is 5.32 Å². The van der Waals surface area contributed by atoms with E-state index < -0.39 is 11.6 Å². The van der Waals surface area contributed by atoms with Crippen molar-refractivity contribution in [1.82, 2.24) is 10.2 Å². The number of nitrogens with one attached hydrogen (secondary N) is 1. The Labute approximate surface area is 128 Å². The van der Waals surface area contributed by atoms with Gasteiger partial charge >= 0.3 is 6.03 Å². The summed E-state index contributed by atoms with van der Waals surface area (Å²) >= 11 is 0. The summed E-state index contributed by atoms with van der Waals surface area (Å²) in [5, 5.41) is 2.74. The first-order valence-corrected chi connectivity index (χ1v) is 7.17. The van der Waals surface area contributed by atoms with Crippen LogP contribution in [0.1, 0.15) is 29.6 Å². The number of carbonyl (C=O) groups excluding carboxylic acids is 2. The van der Waals surface area contributed by atoms with E-state index in [1.807, 2.05) is 31.2 Å². The maximum absolute atomic E-state index is 12.7. The van der Waals surface area contributed by atoms with Gasteiger partial charge in [-0.3, -0.25) is 9.69 Å². The summed E-state index contributed by atoms with van der Waals surface area (Å²) in [7, 11) is 0. The Hall–Kier alpha value is -2.56. The molecule has 2 heterocycles. The molecule has 0 radical (unpaired) electrons. The fourth-order valence-electron chi connectivity index (χ4n) is 2.67. The van der Waals surface area contributed by atoms with E-state index in [2.05, 4.69) is 5.32 Å². The molecule has 3 rings (SSSR count). The van der Waals surface area contributed by atoms with Crippen LogP contribution in [0.5, 0.6) is 0 Å². The number of benzene rings is 1. The molecule has 0 saturated carbocycles. The maximum Gasteiger partial charge on any atom is 0.325 e. The van der Waals surface area contributed by atoms with E-state index in [0.29, 0.717) is 11.5 Å². The van der Waals surface area contributed by atoms with Crippen molar-refractivity contribution in [3.8, 4) is 0 Å². The first-order valence-electron chi connectivity index (χ1n) is 7.17. The Kier molecular flexibility index (Phi) is 3.28. The zero-order valence-corrected chi connectivity index (χ0v) is 12.8. The van der Waals surface area contributed by atoms with Gasteiger partial charge in [0, 0.05) is 0 Å². The SMILES string of the molecule is Cc1ccc([C@]2(C)NC(=O)N(Cc3ccccc3C)C2=O)o1. The summed E-state index contributed by atoms with van der Waals surface area (Å²) in [4.78, 5) is 26.2. The van der Waals surface area contributed by atoms with E-state index in [9.17, 15) is 9.59 Å². The highest BCUT2D eigenvalue weighted by atomic mass is 16.3. The normalized spacial score (nSPS) is 21.3. The molecule has 0 spiro atoms. The van der Waals surface area contributed by atoms with Gasteiger partial charge in [-0.15, -0.1) is 0 Å². The first kappa shape index (κ1) is 14.4. The molecule has 5 heteroatoms. The zero-order chi connectivity index (χ0) is 15.9. The number of carbonyl (C=O) groups is 2. The molecule has 1 atom stereocenters. The van der Waals surface area contributed by atoms with Gasteiger partial charge < -0.3 is 9.73 Å². The van der Waals surface area contributed by atoms with Gasteiger partial charge in [0.1, 0.15) is 11.5 Å². The first-order chi connectivity index (χ1) is 10.4. The molecule has 2 aromatic rings. The lowest BCUT2D eigenvalue weighted by Gasteiger charge is -2.19. The second-order valence-electron chi connectivity index (χ2n) is 5.78. The van der Waals surface area contributed by atoms with Crippen LogP contribution >= 0.6 is 0 Å². The minimum absolute atomic E-state index is 0.257. The van der Waals surface area contributed by atoms with Crippen LogP contribution in [0.25, 0.3) is 0 Å². The summed E-state index contributed by atoms with van der Waals surface area (Å²) in [5.74, 6) is 0.862. The second-order valence-corrected chi connectivity index (χ2v) is 5.78. The molecule has 5 nitrogen and oxygen atoms in total. The third-order valence-corrected chi connectivity index (χ3v) is 4.10. The number of hydrogen-bond acceptors (Lipinski definition) is 3. The number of amides is 3. The monoisotopic (exact) mass is 298 g/mol. The number of nitrogens with zero attached hydrogens (tertiary/aromatic N) is 1. The topological polar surface area (TPSA) is 62.6 Å². The van der Waals surface area contributed by atoms with Crippen molar-refractivity contribution in [2.45, 2.75) is 32.9 Å². The van der Waals surface area contributed by atoms with E-state index in [-0.39, 0.29) is 12.5 Å². The number of furan rings is 1. The quantitative estimate of drug-likeness (QED) is 0.886. The molecule has 114 valence electrons. The molecule has 1 aliphatic rings. The number of imide groups is 1. The number of rotatable bonds is 3. The predicted molar refractivity (Wildman–Crippen MR) is 81.1 cm³/mol. The van der Waals surface area contributed by atoms with Gasteiger partial charge in [0.2, 0.25) is 0 Å². The fraction of sp³-hybridized carbons (Fsp3) is 0.294. The third kappa shape index (κ3) is 2.19. The molecule has 0 unspecified atom stereocenters. The molecule has 1 aliphatic heterocycles. The number of aryl methyl sites for hydroxylation is 2. The Morgan fingerprint density at radius 2 is 1.86 bits per heavy atom. The van der Waals surface area contributed by atoms with Crippen LogP contribution in [0.15, 0.2) is 40.8 Å². The summed E-state index contributed by atoms with van der Waals surface area (Å²) < 4.78 is 5.55. The highest BCUT2D eigenvalue weighted by Gasteiger charge is 2.51. The van der Waals surface area contributed by atoms with Crippen molar-refractivity contribution in [2.75, 3.05) is 0 Å². The van der Waals surface area contributed by atoms with Crippen LogP contribution in [-0.4, -0.2) is 16.8 Å². The van der Waals surface area contributed by atoms with E-state index >= 15 is 0 Å². The Bertz CT molecular complexity index is 750. The largest absolute Gasteiger partial charge is 0.463 e. The molecule has 0 bridgehead atoms. The molecule has 1 aromatic heterocycles.